The molecule has 1 aliphatic carbocycles. The summed E-state index contributed by atoms with van der Waals surface area (Å²) >= 11 is 0. The van der Waals surface area contributed by atoms with E-state index >= 15 is 0 Å². The molecule has 0 radical (unpaired) electrons. The third-order valence-electron chi connectivity index (χ3n) is 4.80. The minimum atomic E-state index is 0.854. The molecule has 136 valence electrons. The van der Waals surface area contributed by atoms with Crippen LogP contribution in [0.2, 0.25) is 0 Å². The van der Waals surface area contributed by atoms with Gasteiger partial charge in [-0.15, -0.1) is 0 Å². The summed E-state index contributed by atoms with van der Waals surface area (Å²) in [6.45, 7) is 4.92. The van der Waals surface area contributed by atoms with Crippen LogP contribution in [0.4, 0.5) is 0 Å². The van der Waals surface area contributed by atoms with Crippen molar-refractivity contribution in [3.05, 3.63) is 18.0 Å². The first-order valence-corrected chi connectivity index (χ1v) is 9.77. The highest BCUT2D eigenvalue weighted by Gasteiger charge is 2.12. The fourth-order valence-corrected chi connectivity index (χ4v) is 3.49. The summed E-state index contributed by atoms with van der Waals surface area (Å²) in [6.07, 6.45) is 16.0. The second-order valence-corrected chi connectivity index (χ2v) is 6.96. The van der Waals surface area contributed by atoms with Gasteiger partial charge in [-0.25, -0.2) is 0 Å². The van der Waals surface area contributed by atoms with Crippen LogP contribution >= 0.6 is 0 Å². The lowest BCUT2D eigenvalue weighted by molar-refractivity contribution is 0.332. The normalized spacial score (nSPS) is 16.3. The van der Waals surface area contributed by atoms with Crippen molar-refractivity contribution in [2.45, 2.75) is 64.7 Å². The zero-order valence-electron chi connectivity index (χ0n) is 15.6. The molecular weight excluding hydrogens is 298 g/mol. The van der Waals surface area contributed by atoms with Crippen LogP contribution in [-0.2, 0) is 13.5 Å². The Bertz CT molecular complexity index is 474. The molecule has 0 aromatic carbocycles. The predicted octanol–water partition coefficient (Wildman–Crippen LogP) is 3.27. The maximum atomic E-state index is 4.69. The van der Waals surface area contributed by atoms with Gasteiger partial charge in [0.05, 0.1) is 6.20 Å². The SMILES string of the molecule is CCNC(=NCCCc1cnn(C)c1)NCCCC1CCCCC1. The molecule has 1 aliphatic rings. The number of nitrogens with one attached hydrogen (secondary N) is 2. The molecule has 0 aliphatic heterocycles. The zero-order valence-corrected chi connectivity index (χ0v) is 15.6. The van der Waals surface area contributed by atoms with Crippen LogP contribution in [0.5, 0.6) is 0 Å². The van der Waals surface area contributed by atoms with Crippen LogP contribution in [0.1, 0.15) is 63.9 Å². The van der Waals surface area contributed by atoms with Crippen LogP contribution in [-0.4, -0.2) is 35.4 Å². The standard InChI is InChI=1S/C19H35N5/c1-3-20-19(21-13-7-11-17-9-5-4-6-10-17)22-14-8-12-18-15-23-24(2)16-18/h15-17H,3-14H2,1-2H3,(H2,20,21,22). The number of aliphatic imine (C=N–C) groups is 1. The molecule has 0 spiro atoms. The summed E-state index contributed by atoms with van der Waals surface area (Å²) in [5.74, 6) is 1.94. The molecule has 1 aromatic heterocycles. The quantitative estimate of drug-likeness (QED) is 0.414. The number of hydrogen-bond donors (Lipinski definition) is 2. The van der Waals surface area contributed by atoms with Gasteiger partial charge in [-0.2, -0.15) is 5.10 Å². The number of nitrogens with zero attached hydrogens (tertiary/aromatic N) is 3. The van der Waals surface area contributed by atoms with Gasteiger partial charge in [0, 0.05) is 32.9 Å². The van der Waals surface area contributed by atoms with Gasteiger partial charge in [-0.1, -0.05) is 32.1 Å². The van der Waals surface area contributed by atoms with Gasteiger partial charge in [-0.05, 0) is 44.1 Å². The summed E-state index contributed by atoms with van der Waals surface area (Å²) < 4.78 is 1.86. The molecule has 0 unspecified atom stereocenters. The van der Waals surface area contributed by atoms with Gasteiger partial charge >= 0.3 is 0 Å². The van der Waals surface area contributed by atoms with Crippen LogP contribution < -0.4 is 10.6 Å². The smallest absolute Gasteiger partial charge is 0.191 e. The Morgan fingerprint density at radius 3 is 2.79 bits per heavy atom. The van der Waals surface area contributed by atoms with Crippen molar-refractivity contribution in [3.8, 4) is 0 Å². The molecule has 0 amide bonds. The number of hydrogen-bond acceptors (Lipinski definition) is 2. The van der Waals surface area contributed by atoms with Crippen LogP contribution in [0.15, 0.2) is 17.4 Å². The lowest BCUT2D eigenvalue weighted by Crippen LogP contribution is -2.38. The average molecular weight is 334 g/mol. The van der Waals surface area contributed by atoms with Gasteiger partial charge < -0.3 is 10.6 Å². The molecule has 1 saturated carbocycles. The van der Waals surface area contributed by atoms with E-state index in [2.05, 4.69) is 33.8 Å². The van der Waals surface area contributed by atoms with E-state index in [0.717, 1.165) is 44.4 Å². The number of aryl methyl sites for hydroxylation is 2. The monoisotopic (exact) mass is 333 g/mol. The van der Waals surface area contributed by atoms with E-state index in [1.807, 2.05) is 17.9 Å². The Morgan fingerprint density at radius 1 is 1.25 bits per heavy atom. The van der Waals surface area contributed by atoms with Gasteiger partial charge in [0.25, 0.3) is 0 Å². The largest absolute Gasteiger partial charge is 0.357 e. The van der Waals surface area contributed by atoms with Gasteiger partial charge in [0.1, 0.15) is 0 Å². The van der Waals surface area contributed by atoms with Crippen molar-refractivity contribution in [2.75, 3.05) is 19.6 Å². The number of aromatic nitrogens is 2. The first-order valence-electron chi connectivity index (χ1n) is 9.77. The molecule has 5 nitrogen and oxygen atoms in total. The minimum absolute atomic E-state index is 0.854. The van der Waals surface area contributed by atoms with Gasteiger partial charge in [0.15, 0.2) is 5.96 Å². The van der Waals surface area contributed by atoms with Crippen molar-refractivity contribution in [2.24, 2.45) is 18.0 Å². The third-order valence-corrected chi connectivity index (χ3v) is 4.80. The number of rotatable bonds is 9. The van der Waals surface area contributed by atoms with Crippen molar-refractivity contribution in [3.63, 3.8) is 0 Å². The molecule has 0 atom stereocenters. The van der Waals surface area contributed by atoms with Crippen LogP contribution in [0.3, 0.4) is 0 Å². The summed E-state index contributed by atoms with van der Waals surface area (Å²) in [5, 5.41) is 11.0. The van der Waals surface area contributed by atoms with Crippen molar-refractivity contribution in [1.29, 1.82) is 0 Å². The van der Waals surface area contributed by atoms with Gasteiger partial charge in [-0.3, -0.25) is 9.67 Å². The molecule has 1 aromatic rings. The summed E-state index contributed by atoms with van der Waals surface area (Å²) in [5.41, 5.74) is 1.29. The lowest BCUT2D eigenvalue weighted by atomic mass is 9.86. The second-order valence-electron chi connectivity index (χ2n) is 6.96. The predicted molar refractivity (Wildman–Crippen MR) is 101 cm³/mol. The van der Waals surface area contributed by atoms with E-state index in [1.54, 1.807) is 0 Å². The average Bonchev–Trinajstić information content (AvgIpc) is 3.01. The van der Waals surface area contributed by atoms with E-state index in [-0.39, 0.29) is 0 Å². The molecule has 1 heterocycles. The van der Waals surface area contributed by atoms with E-state index in [0.29, 0.717) is 0 Å². The third kappa shape index (κ3) is 7.37. The second kappa shape index (κ2) is 11.1. The molecule has 1 fully saturated rings. The van der Waals surface area contributed by atoms with Crippen LogP contribution in [0.25, 0.3) is 0 Å². The van der Waals surface area contributed by atoms with E-state index in [1.165, 1.54) is 50.5 Å². The Balaban J connectivity index is 1.60. The first-order chi connectivity index (χ1) is 11.8. The Hall–Kier alpha value is -1.52. The van der Waals surface area contributed by atoms with Crippen molar-refractivity contribution in [1.82, 2.24) is 20.4 Å². The highest BCUT2D eigenvalue weighted by atomic mass is 15.2. The molecule has 0 saturated heterocycles. The maximum Gasteiger partial charge on any atom is 0.191 e. The topological polar surface area (TPSA) is 54.2 Å². The highest BCUT2D eigenvalue weighted by molar-refractivity contribution is 5.79. The van der Waals surface area contributed by atoms with Crippen LogP contribution in [0, 0.1) is 5.92 Å². The summed E-state index contributed by atoms with van der Waals surface area (Å²) in [7, 11) is 1.96. The van der Waals surface area contributed by atoms with Crippen molar-refractivity contribution >= 4 is 5.96 Å². The molecule has 2 N–H and O–H groups in total. The molecule has 5 heteroatoms. The Kier molecular flexibility index (Phi) is 8.71. The molecule has 24 heavy (non-hydrogen) atoms. The lowest BCUT2D eigenvalue weighted by Gasteiger charge is -2.21. The fraction of sp³-hybridized carbons (Fsp3) is 0.789. The minimum Gasteiger partial charge on any atom is -0.357 e. The summed E-state index contributed by atoms with van der Waals surface area (Å²) in [4.78, 5) is 4.69. The van der Waals surface area contributed by atoms with E-state index < -0.39 is 0 Å². The first kappa shape index (κ1) is 18.8. The van der Waals surface area contributed by atoms with E-state index in [9.17, 15) is 0 Å². The Labute approximate surface area is 147 Å². The molecular formula is C19H35N5. The molecule has 2 rings (SSSR count). The molecule has 0 bridgehead atoms. The van der Waals surface area contributed by atoms with E-state index in [4.69, 9.17) is 0 Å². The number of guanidine groups is 1. The Morgan fingerprint density at radius 2 is 2.08 bits per heavy atom. The van der Waals surface area contributed by atoms with Gasteiger partial charge in [0.2, 0.25) is 0 Å². The summed E-state index contributed by atoms with van der Waals surface area (Å²) in [6, 6.07) is 0. The maximum absolute atomic E-state index is 4.69. The van der Waals surface area contributed by atoms with Crippen molar-refractivity contribution < 1.29 is 0 Å². The highest BCUT2D eigenvalue weighted by Crippen LogP contribution is 2.26. The fourth-order valence-electron chi connectivity index (χ4n) is 3.49. The zero-order chi connectivity index (χ0) is 17.0.